The molecule has 0 radical (unpaired) electrons. The van der Waals surface area contributed by atoms with E-state index in [0.717, 1.165) is 21.4 Å². The van der Waals surface area contributed by atoms with Crippen LogP contribution >= 0.6 is 11.8 Å². The SMILES string of the molecule is Cc1cccc(N=C2SC(C)CN2C(=O)Cn2c(=O)ccn(Cc3ccccc3)c2=O)c1. The van der Waals surface area contributed by atoms with Gasteiger partial charge >= 0.3 is 5.69 Å². The number of benzene rings is 2. The number of rotatable bonds is 5. The lowest BCUT2D eigenvalue weighted by Gasteiger charge is -2.17. The zero-order chi connectivity index (χ0) is 22.7. The summed E-state index contributed by atoms with van der Waals surface area (Å²) >= 11 is 1.51. The minimum atomic E-state index is -0.508. The van der Waals surface area contributed by atoms with Crippen LogP contribution in [-0.2, 0) is 17.9 Å². The fourth-order valence-corrected chi connectivity index (χ4v) is 4.59. The number of amidine groups is 1. The Kier molecular flexibility index (Phi) is 6.41. The molecule has 0 aliphatic carbocycles. The molecule has 0 spiro atoms. The second-order valence-electron chi connectivity index (χ2n) is 7.80. The van der Waals surface area contributed by atoms with Gasteiger partial charge in [0, 0.05) is 24.1 Å². The Morgan fingerprint density at radius 2 is 1.88 bits per heavy atom. The summed E-state index contributed by atoms with van der Waals surface area (Å²) < 4.78 is 2.43. The highest BCUT2D eigenvalue weighted by atomic mass is 32.2. The molecule has 4 rings (SSSR count). The fraction of sp³-hybridized carbons (Fsp3) is 0.250. The molecule has 2 heterocycles. The van der Waals surface area contributed by atoms with Crippen LogP contribution in [-0.4, -0.2) is 36.9 Å². The van der Waals surface area contributed by atoms with E-state index in [1.54, 1.807) is 4.90 Å². The molecule has 164 valence electrons. The molecule has 1 unspecified atom stereocenters. The quantitative estimate of drug-likeness (QED) is 0.601. The van der Waals surface area contributed by atoms with Gasteiger partial charge in [-0.1, -0.05) is 61.2 Å². The predicted molar refractivity (Wildman–Crippen MR) is 128 cm³/mol. The molecule has 0 saturated carbocycles. The van der Waals surface area contributed by atoms with Gasteiger partial charge in [-0.3, -0.25) is 23.6 Å². The number of hydrogen-bond acceptors (Lipinski definition) is 5. The van der Waals surface area contributed by atoms with E-state index in [4.69, 9.17) is 0 Å². The predicted octanol–water partition coefficient (Wildman–Crippen LogP) is 3.02. The van der Waals surface area contributed by atoms with Crippen molar-refractivity contribution in [3.63, 3.8) is 0 Å². The summed E-state index contributed by atoms with van der Waals surface area (Å²) in [7, 11) is 0. The van der Waals surface area contributed by atoms with E-state index in [1.165, 1.54) is 28.6 Å². The molecule has 0 bridgehead atoms. The van der Waals surface area contributed by atoms with Crippen molar-refractivity contribution in [1.29, 1.82) is 0 Å². The smallest absolute Gasteiger partial charge is 0.296 e. The first kappa shape index (κ1) is 21.8. The lowest BCUT2D eigenvalue weighted by molar-refractivity contribution is -0.127. The fourth-order valence-electron chi connectivity index (χ4n) is 3.54. The van der Waals surface area contributed by atoms with E-state index in [-0.39, 0.29) is 17.7 Å². The molecule has 1 aromatic heterocycles. The summed E-state index contributed by atoms with van der Waals surface area (Å²) in [5.41, 5.74) is 1.78. The van der Waals surface area contributed by atoms with E-state index in [1.807, 2.05) is 68.4 Å². The van der Waals surface area contributed by atoms with Gasteiger partial charge < -0.3 is 0 Å². The van der Waals surface area contributed by atoms with Crippen LogP contribution in [0.5, 0.6) is 0 Å². The molecule has 1 amide bonds. The zero-order valence-electron chi connectivity index (χ0n) is 18.0. The number of carbonyl (C=O) groups is 1. The summed E-state index contributed by atoms with van der Waals surface area (Å²) in [6, 6.07) is 18.6. The molecule has 3 aromatic rings. The zero-order valence-corrected chi connectivity index (χ0v) is 18.8. The average molecular weight is 449 g/mol. The average Bonchev–Trinajstić information content (AvgIpc) is 3.14. The third-order valence-electron chi connectivity index (χ3n) is 5.13. The Labute approximate surface area is 190 Å². The van der Waals surface area contributed by atoms with Gasteiger partial charge in [0.05, 0.1) is 12.2 Å². The van der Waals surface area contributed by atoms with E-state index in [0.29, 0.717) is 18.3 Å². The first-order chi connectivity index (χ1) is 15.4. The first-order valence-corrected chi connectivity index (χ1v) is 11.3. The topological polar surface area (TPSA) is 76.7 Å². The van der Waals surface area contributed by atoms with Crippen LogP contribution in [0, 0.1) is 6.92 Å². The van der Waals surface area contributed by atoms with Crippen LogP contribution in [0.2, 0.25) is 0 Å². The first-order valence-electron chi connectivity index (χ1n) is 10.4. The van der Waals surface area contributed by atoms with Crippen molar-refractivity contribution in [3.05, 3.63) is 98.8 Å². The molecule has 1 atom stereocenters. The van der Waals surface area contributed by atoms with Gasteiger partial charge in [0.15, 0.2) is 5.17 Å². The van der Waals surface area contributed by atoms with Gasteiger partial charge in [0.1, 0.15) is 6.54 Å². The standard InChI is InChI=1S/C24H24N4O3S/c1-17-7-6-10-20(13-17)25-23-27(14-18(2)32-23)22(30)16-28-21(29)11-12-26(24(28)31)15-19-8-4-3-5-9-19/h3-13,18H,14-16H2,1-2H3. The maximum atomic E-state index is 13.1. The molecular formula is C24H24N4O3S. The second kappa shape index (κ2) is 9.40. The van der Waals surface area contributed by atoms with Crippen LogP contribution in [0.1, 0.15) is 18.1 Å². The lowest BCUT2D eigenvalue weighted by atomic mass is 10.2. The van der Waals surface area contributed by atoms with Gasteiger partial charge in [-0.25, -0.2) is 9.79 Å². The highest BCUT2D eigenvalue weighted by Crippen LogP contribution is 2.28. The molecular weight excluding hydrogens is 424 g/mol. The summed E-state index contributed by atoms with van der Waals surface area (Å²) in [6.45, 7) is 4.48. The highest BCUT2D eigenvalue weighted by Gasteiger charge is 2.31. The number of aryl methyl sites for hydroxylation is 1. The van der Waals surface area contributed by atoms with Crippen LogP contribution in [0.25, 0.3) is 0 Å². The Morgan fingerprint density at radius 3 is 2.62 bits per heavy atom. The third-order valence-corrected chi connectivity index (χ3v) is 6.21. The second-order valence-corrected chi connectivity index (χ2v) is 9.21. The van der Waals surface area contributed by atoms with Crippen molar-refractivity contribution in [2.45, 2.75) is 32.2 Å². The van der Waals surface area contributed by atoms with Crippen LogP contribution < -0.4 is 11.2 Å². The summed E-state index contributed by atoms with van der Waals surface area (Å²) in [5, 5.41) is 0.756. The van der Waals surface area contributed by atoms with Crippen molar-refractivity contribution in [1.82, 2.24) is 14.0 Å². The maximum Gasteiger partial charge on any atom is 0.331 e. The normalized spacial score (nSPS) is 17.1. The number of aliphatic imine (C=N–C) groups is 1. The number of amides is 1. The van der Waals surface area contributed by atoms with Gasteiger partial charge in [0.2, 0.25) is 5.91 Å². The molecule has 1 aliphatic heterocycles. The molecule has 7 nitrogen and oxygen atoms in total. The highest BCUT2D eigenvalue weighted by molar-refractivity contribution is 8.14. The molecule has 1 fully saturated rings. The van der Waals surface area contributed by atoms with Gasteiger partial charge in [-0.15, -0.1) is 0 Å². The van der Waals surface area contributed by atoms with Gasteiger partial charge in [0.25, 0.3) is 5.56 Å². The van der Waals surface area contributed by atoms with Crippen LogP contribution in [0.15, 0.2) is 81.4 Å². The van der Waals surface area contributed by atoms with E-state index < -0.39 is 11.2 Å². The Morgan fingerprint density at radius 1 is 1.09 bits per heavy atom. The van der Waals surface area contributed by atoms with Crippen LogP contribution in [0.4, 0.5) is 5.69 Å². The summed E-state index contributed by atoms with van der Waals surface area (Å²) in [5.74, 6) is -0.329. The van der Waals surface area contributed by atoms with Crippen molar-refractivity contribution >= 4 is 28.5 Å². The largest absolute Gasteiger partial charge is 0.331 e. The number of aromatic nitrogens is 2. The van der Waals surface area contributed by atoms with Crippen molar-refractivity contribution in [3.8, 4) is 0 Å². The van der Waals surface area contributed by atoms with Gasteiger partial charge in [-0.05, 0) is 30.2 Å². The van der Waals surface area contributed by atoms with E-state index in [9.17, 15) is 14.4 Å². The molecule has 0 N–H and O–H groups in total. The van der Waals surface area contributed by atoms with Crippen molar-refractivity contribution in [2.24, 2.45) is 4.99 Å². The number of thioether (sulfide) groups is 1. The Hall–Kier alpha value is -3.39. The molecule has 1 saturated heterocycles. The summed E-state index contributed by atoms with van der Waals surface area (Å²) in [6.07, 6.45) is 1.47. The molecule has 8 heteroatoms. The third kappa shape index (κ3) is 4.91. The molecule has 1 aliphatic rings. The monoisotopic (exact) mass is 448 g/mol. The van der Waals surface area contributed by atoms with Crippen LogP contribution in [0.3, 0.4) is 0 Å². The number of nitrogens with zero attached hydrogens (tertiary/aromatic N) is 4. The van der Waals surface area contributed by atoms with Gasteiger partial charge in [-0.2, -0.15) is 0 Å². The lowest BCUT2D eigenvalue weighted by Crippen LogP contribution is -2.44. The number of carbonyl (C=O) groups excluding carboxylic acids is 1. The van der Waals surface area contributed by atoms with Crippen molar-refractivity contribution < 1.29 is 4.79 Å². The Bertz CT molecular complexity index is 1280. The molecule has 2 aromatic carbocycles. The maximum absolute atomic E-state index is 13.1. The Balaban J connectivity index is 1.59. The van der Waals surface area contributed by atoms with Crippen molar-refractivity contribution in [2.75, 3.05) is 6.54 Å². The summed E-state index contributed by atoms with van der Waals surface area (Å²) in [4.78, 5) is 44.7. The minimum absolute atomic E-state index is 0.171. The molecule has 32 heavy (non-hydrogen) atoms. The minimum Gasteiger partial charge on any atom is -0.296 e. The van der Waals surface area contributed by atoms with E-state index in [2.05, 4.69) is 4.99 Å². The number of hydrogen-bond donors (Lipinski definition) is 0. The van der Waals surface area contributed by atoms with E-state index >= 15 is 0 Å².